The van der Waals surface area contributed by atoms with Gasteiger partial charge in [-0.25, -0.2) is 4.90 Å². The number of amides is 2. The van der Waals surface area contributed by atoms with E-state index in [0.717, 1.165) is 18.7 Å². The van der Waals surface area contributed by atoms with E-state index in [-0.39, 0.29) is 11.8 Å². The first kappa shape index (κ1) is 20.9. The fourth-order valence-electron chi connectivity index (χ4n) is 4.13. The number of methoxy groups -OCH3 is 2. The highest BCUT2D eigenvalue weighted by Gasteiger charge is 2.44. The number of likely N-dealkylation sites (N-methyl/N-ethyl adjacent to an activating group) is 1. The molecule has 7 nitrogen and oxygen atoms in total. The summed E-state index contributed by atoms with van der Waals surface area (Å²) >= 11 is 0. The van der Waals surface area contributed by atoms with Crippen molar-refractivity contribution in [1.29, 1.82) is 0 Å². The lowest BCUT2D eigenvalue weighted by Gasteiger charge is -2.34. The number of hydrogen-bond acceptors (Lipinski definition) is 6. The Morgan fingerprint density at radius 2 is 1.52 bits per heavy atom. The van der Waals surface area contributed by atoms with E-state index in [1.807, 2.05) is 36.1 Å². The van der Waals surface area contributed by atoms with E-state index in [1.54, 1.807) is 25.3 Å². The molecule has 0 saturated carbocycles. The van der Waals surface area contributed by atoms with Gasteiger partial charge in [0.1, 0.15) is 17.2 Å². The topological polar surface area (TPSA) is 62.3 Å². The van der Waals surface area contributed by atoms with Crippen molar-refractivity contribution >= 4 is 23.1 Å². The number of nitrogens with zero attached hydrogens (tertiary/aromatic N) is 3. The monoisotopic (exact) mass is 421 g/mol. The molecule has 2 aliphatic rings. The number of carbonyl (C=O) groups excluding carboxylic acids is 2. The molecule has 2 aliphatic heterocycles. The molecule has 0 unspecified atom stereocenters. The van der Waals surface area contributed by atoms with Gasteiger partial charge in [0.15, 0.2) is 0 Å². The summed E-state index contributed by atoms with van der Waals surface area (Å²) in [5, 5.41) is 0. The van der Waals surface area contributed by atoms with Crippen LogP contribution in [0.15, 0.2) is 48.2 Å². The van der Waals surface area contributed by atoms with Crippen LogP contribution in [0.2, 0.25) is 0 Å². The first-order valence-corrected chi connectivity index (χ1v) is 10.3. The predicted octanol–water partition coefficient (Wildman–Crippen LogP) is 2.54. The number of aryl methyl sites for hydroxylation is 1. The maximum atomic E-state index is 13.8. The van der Waals surface area contributed by atoms with Gasteiger partial charge in [-0.1, -0.05) is 24.3 Å². The highest BCUT2D eigenvalue weighted by atomic mass is 16.5. The van der Waals surface area contributed by atoms with Crippen molar-refractivity contribution in [2.75, 3.05) is 52.3 Å². The average molecular weight is 421 g/mol. The van der Waals surface area contributed by atoms with Crippen molar-refractivity contribution in [1.82, 2.24) is 9.80 Å². The Hall–Kier alpha value is -3.32. The molecular formula is C24H27N3O4. The number of ether oxygens (including phenoxy) is 2. The van der Waals surface area contributed by atoms with Crippen LogP contribution in [0.3, 0.4) is 0 Å². The number of rotatable bonds is 5. The number of hydrogen-bond donors (Lipinski definition) is 0. The Bertz CT molecular complexity index is 1050. The molecule has 4 rings (SSSR count). The first-order valence-electron chi connectivity index (χ1n) is 10.3. The lowest BCUT2D eigenvalue weighted by atomic mass is 10.0. The van der Waals surface area contributed by atoms with Crippen molar-refractivity contribution in [2.45, 2.75) is 6.92 Å². The zero-order valence-electron chi connectivity index (χ0n) is 18.3. The van der Waals surface area contributed by atoms with Gasteiger partial charge in [0, 0.05) is 31.7 Å². The Morgan fingerprint density at radius 1 is 0.839 bits per heavy atom. The van der Waals surface area contributed by atoms with Gasteiger partial charge in [-0.05, 0) is 37.7 Å². The number of anilines is 1. The van der Waals surface area contributed by atoms with Crippen LogP contribution in [0, 0.1) is 6.92 Å². The second-order valence-corrected chi connectivity index (χ2v) is 7.84. The van der Waals surface area contributed by atoms with Crippen LogP contribution in [0.4, 0.5) is 5.69 Å². The predicted molar refractivity (Wildman–Crippen MR) is 119 cm³/mol. The quantitative estimate of drug-likeness (QED) is 0.692. The van der Waals surface area contributed by atoms with Gasteiger partial charge >= 0.3 is 0 Å². The van der Waals surface area contributed by atoms with Crippen LogP contribution in [0.5, 0.6) is 11.5 Å². The molecule has 2 aromatic carbocycles. The zero-order valence-corrected chi connectivity index (χ0v) is 18.3. The third kappa shape index (κ3) is 3.65. The molecule has 162 valence electrons. The third-order valence-corrected chi connectivity index (χ3v) is 5.83. The van der Waals surface area contributed by atoms with E-state index in [4.69, 9.17) is 9.47 Å². The molecule has 2 amide bonds. The normalized spacial score (nSPS) is 17.5. The van der Waals surface area contributed by atoms with E-state index in [9.17, 15) is 9.59 Å². The van der Waals surface area contributed by atoms with Crippen LogP contribution in [-0.2, 0) is 9.59 Å². The summed E-state index contributed by atoms with van der Waals surface area (Å²) in [6.45, 7) is 4.89. The van der Waals surface area contributed by atoms with Crippen LogP contribution in [-0.4, -0.2) is 69.1 Å². The van der Waals surface area contributed by atoms with Gasteiger partial charge in [-0.3, -0.25) is 9.59 Å². The molecule has 0 bridgehead atoms. The molecule has 1 saturated heterocycles. The standard InChI is InChI=1S/C24H27N3O4/c1-16-9-10-20(31-4)18(15-16)27-23(28)21(17-7-5-6-8-19(17)30-3)22(24(27)29)26-13-11-25(2)12-14-26/h5-10,15H,11-14H2,1-4H3. The van der Waals surface area contributed by atoms with Crippen LogP contribution in [0.25, 0.3) is 5.57 Å². The van der Waals surface area contributed by atoms with Gasteiger partial charge in [0.05, 0.1) is 25.5 Å². The van der Waals surface area contributed by atoms with Crippen molar-refractivity contribution in [3.8, 4) is 11.5 Å². The minimum Gasteiger partial charge on any atom is -0.496 e. The Kier molecular flexibility index (Phi) is 5.69. The van der Waals surface area contributed by atoms with E-state index < -0.39 is 0 Å². The fraction of sp³-hybridized carbons (Fsp3) is 0.333. The lowest BCUT2D eigenvalue weighted by molar-refractivity contribution is -0.120. The SMILES string of the molecule is COc1ccccc1C1=C(N2CCN(C)CC2)C(=O)N(c2cc(C)ccc2OC)C1=O. The minimum atomic E-state index is -0.368. The fourth-order valence-corrected chi connectivity index (χ4v) is 4.13. The Labute approximate surface area is 182 Å². The maximum absolute atomic E-state index is 13.8. The van der Waals surface area contributed by atoms with Crippen molar-refractivity contribution in [2.24, 2.45) is 0 Å². The number of para-hydroxylation sites is 1. The number of benzene rings is 2. The van der Waals surface area contributed by atoms with Gasteiger partial charge in [0.25, 0.3) is 11.8 Å². The second kappa shape index (κ2) is 8.43. The number of carbonyl (C=O) groups is 2. The molecule has 0 aliphatic carbocycles. The lowest BCUT2D eigenvalue weighted by Crippen LogP contribution is -2.46. The summed E-state index contributed by atoms with van der Waals surface area (Å²) in [7, 11) is 5.16. The zero-order chi connectivity index (χ0) is 22.1. The molecular weight excluding hydrogens is 394 g/mol. The van der Waals surface area contributed by atoms with Gasteiger partial charge < -0.3 is 19.3 Å². The molecule has 2 aromatic rings. The number of piperazine rings is 1. The minimum absolute atomic E-state index is 0.334. The van der Waals surface area contributed by atoms with E-state index >= 15 is 0 Å². The molecule has 0 spiro atoms. The maximum Gasteiger partial charge on any atom is 0.282 e. The average Bonchev–Trinajstić information content (AvgIpc) is 3.04. The molecule has 7 heteroatoms. The Morgan fingerprint density at radius 3 is 2.19 bits per heavy atom. The molecule has 31 heavy (non-hydrogen) atoms. The molecule has 0 aromatic heterocycles. The van der Waals surface area contributed by atoms with Crippen LogP contribution in [0.1, 0.15) is 11.1 Å². The van der Waals surface area contributed by atoms with Crippen molar-refractivity contribution < 1.29 is 19.1 Å². The van der Waals surface area contributed by atoms with Crippen LogP contribution < -0.4 is 14.4 Å². The molecule has 2 heterocycles. The largest absolute Gasteiger partial charge is 0.496 e. The summed E-state index contributed by atoms with van der Waals surface area (Å²) in [4.78, 5) is 33.0. The number of imide groups is 1. The van der Waals surface area contributed by atoms with E-state index in [0.29, 0.717) is 47.1 Å². The van der Waals surface area contributed by atoms with Gasteiger partial charge in [-0.2, -0.15) is 0 Å². The highest BCUT2D eigenvalue weighted by Crippen LogP contribution is 2.41. The summed E-state index contributed by atoms with van der Waals surface area (Å²) in [6.07, 6.45) is 0. The third-order valence-electron chi connectivity index (χ3n) is 5.83. The molecule has 0 radical (unpaired) electrons. The first-order chi connectivity index (χ1) is 15.0. The van der Waals surface area contributed by atoms with Crippen molar-refractivity contribution in [3.63, 3.8) is 0 Å². The van der Waals surface area contributed by atoms with Crippen LogP contribution >= 0.6 is 0 Å². The second-order valence-electron chi connectivity index (χ2n) is 7.84. The highest BCUT2D eigenvalue weighted by molar-refractivity contribution is 6.46. The smallest absolute Gasteiger partial charge is 0.282 e. The summed E-state index contributed by atoms with van der Waals surface area (Å²) in [6, 6.07) is 12.8. The molecule has 0 N–H and O–H groups in total. The van der Waals surface area contributed by atoms with E-state index in [2.05, 4.69) is 11.9 Å². The van der Waals surface area contributed by atoms with Gasteiger partial charge in [0.2, 0.25) is 0 Å². The van der Waals surface area contributed by atoms with Crippen molar-refractivity contribution in [3.05, 3.63) is 59.3 Å². The van der Waals surface area contributed by atoms with E-state index in [1.165, 1.54) is 12.0 Å². The molecule has 0 atom stereocenters. The summed E-state index contributed by atoms with van der Waals surface area (Å²) in [5.74, 6) is 0.335. The van der Waals surface area contributed by atoms with Gasteiger partial charge in [-0.15, -0.1) is 0 Å². The Balaban J connectivity index is 1.88. The summed E-state index contributed by atoms with van der Waals surface area (Å²) < 4.78 is 11.0. The summed E-state index contributed by atoms with van der Waals surface area (Å²) in [5.41, 5.74) is 2.80. The molecule has 1 fully saturated rings.